The number of fused-ring (bicyclic) bond motifs is 1. The van der Waals surface area contributed by atoms with Gasteiger partial charge in [-0.3, -0.25) is 4.79 Å². The number of thiophene rings is 1. The third-order valence-electron chi connectivity index (χ3n) is 5.10. The van der Waals surface area contributed by atoms with E-state index in [2.05, 4.69) is 10.4 Å². The Morgan fingerprint density at radius 3 is 2.48 bits per heavy atom. The smallest absolute Gasteiger partial charge is 0.340 e. The van der Waals surface area contributed by atoms with Gasteiger partial charge < -0.3 is 19.5 Å². The molecular formula is C23H22N4O5S. The second-order valence-electron chi connectivity index (χ2n) is 6.93. The zero-order valence-corrected chi connectivity index (χ0v) is 19.4. The van der Waals surface area contributed by atoms with Gasteiger partial charge in [0, 0.05) is 18.7 Å². The number of ether oxygens (including phenoxy) is 3. The lowest BCUT2D eigenvalue weighted by atomic mass is 10.1. The number of hydrogen-bond donors (Lipinski definition) is 1. The number of aryl methyl sites for hydroxylation is 1. The molecule has 0 unspecified atom stereocenters. The van der Waals surface area contributed by atoms with Crippen LogP contribution in [0.3, 0.4) is 0 Å². The quantitative estimate of drug-likeness (QED) is 0.406. The summed E-state index contributed by atoms with van der Waals surface area (Å²) in [7, 11) is 4.20. The number of anilines is 1. The summed E-state index contributed by atoms with van der Waals surface area (Å²) in [5, 5.41) is 9.74. The summed E-state index contributed by atoms with van der Waals surface area (Å²) in [5.74, 6) is -0.345. The fraction of sp³-hybridized carbons (Fsp3) is 0.217. The molecule has 33 heavy (non-hydrogen) atoms. The topological polar surface area (TPSA) is 105 Å². The van der Waals surface area contributed by atoms with Gasteiger partial charge in [0.05, 0.1) is 60.3 Å². The van der Waals surface area contributed by atoms with Gasteiger partial charge in [-0.1, -0.05) is 6.07 Å². The van der Waals surface area contributed by atoms with Crippen LogP contribution in [0.4, 0.5) is 5.69 Å². The Kier molecular flexibility index (Phi) is 6.27. The fourth-order valence-corrected chi connectivity index (χ4v) is 4.15. The summed E-state index contributed by atoms with van der Waals surface area (Å²) in [5.41, 5.74) is 2.02. The van der Waals surface area contributed by atoms with E-state index in [0.29, 0.717) is 40.3 Å². The van der Waals surface area contributed by atoms with Crippen LogP contribution in [0.15, 0.2) is 41.9 Å². The maximum absolute atomic E-state index is 13.5. The normalized spacial score (nSPS) is 10.8. The Balaban J connectivity index is 1.83. The van der Waals surface area contributed by atoms with E-state index in [4.69, 9.17) is 19.2 Å². The van der Waals surface area contributed by atoms with Gasteiger partial charge in [-0.2, -0.15) is 5.10 Å². The minimum absolute atomic E-state index is 0.136. The fourth-order valence-electron chi connectivity index (χ4n) is 3.47. The number of carbonyl (C=O) groups is 2. The maximum Gasteiger partial charge on any atom is 0.340 e. The highest BCUT2D eigenvalue weighted by Crippen LogP contribution is 2.35. The highest BCUT2D eigenvalue weighted by Gasteiger charge is 2.22. The first kappa shape index (κ1) is 22.3. The van der Waals surface area contributed by atoms with Crippen molar-refractivity contribution in [1.29, 1.82) is 0 Å². The minimum atomic E-state index is -0.621. The van der Waals surface area contributed by atoms with E-state index in [1.54, 1.807) is 16.9 Å². The largest absolute Gasteiger partial charge is 0.493 e. The molecule has 1 amide bonds. The second-order valence-corrected chi connectivity index (χ2v) is 7.88. The van der Waals surface area contributed by atoms with Crippen LogP contribution in [0, 0.1) is 0 Å². The summed E-state index contributed by atoms with van der Waals surface area (Å²) < 4.78 is 17.2. The number of rotatable bonds is 7. The molecule has 0 aliphatic carbocycles. The third kappa shape index (κ3) is 4.12. The Hall–Kier alpha value is -3.92. The average molecular weight is 467 g/mol. The Bertz CT molecular complexity index is 1330. The van der Waals surface area contributed by atoms with Crippen LogP contribution in [0.5, 0.6) is 11.5 Å². The van der Waals surface area contributed by atoms with Gasteiger partial charge >= 0.3 is 5.97 Å². The van der Waals surface area contributed by atoms with Gasteiger partial charge in [0.2, 0.25) is 0 Å². The summed E-state index contributed by atoms with van der Waals surface area (Å²) in [6.45, 7) is 2.56. The molecule has 4 rings (SSSR count). The van der Waals surface area contributed by atoms with E-state index >= 15 is 0 Å². The minimum Gasteiger partial charge on any atom is -0.493 e. The van der Waals surface area contributed by atoms with Crippen LogP contribution in [-0.2, 0) is 11.3 Å². The number of amides is 1. The van der Waals surface area contributed by atoms with Crippen molar-refractivity contribution in [2.24, 2.45) is 0 Å². The molecule has 3 heterocycles. The van der Waals surface area contributed by atoms with Gasteiger partial charge in [-0.25, -0.2) is 14.5 Å². The third-order valence-corrected chi connectivity index (χ3v) is 6.00. The highest BCUT2D eigenvalue weighted by atomic mass is 32.1. The predicted molar refractivity (Wildman–Crippen MR) is 125 cm³/mol. The number of aromatic nitrogens is 3. The molecule has 0 fully saturated rings. The van der Waals surface area contributed by atoms with Crippen molar-refractivity contribution < 1.29 is 23.8 Å². The van der Waals surface area contributed by atoms with E-state index in [-0.39, 0.29) is 11.3 Å². The molecule has 0 aliphatic heterocycles. The predicted octanol–water partition coefficient (Wildman–Crippen LogP) is 4.24. The Morgan fingerprint density at radius 2 is 1.85 bits per heavy atom. The SMILES string of the molecule is CCn1ncc2c(C(=O)Nc3cc(OC)c(OC)cc3C(=O)OC)cc(-c3cccs3)nc21. The van der Waals surface area contributed by atoms with E-state index in [9.17, 15) is 9.59 Å². The van der Waals surface area contributed by atoms with E-state index in [1.165, 1.54) is 44.8 Å². The molecule has 0 aliphatic rings. The van der Waals surface area contributed by atoms with Crippen molar-refractivity contribution in [3.63, 3.8) is 0 Å². The molecule has 1 N–H and O–H groups in total. The lowest BCUT2D eigenvalue weighted by Crippen LogP contribution is -2.16. The molecule has 0 saturated heterocycles. The zero-order chi connectivity index (χ0) is 23.5. The molecule has 0 saturated carbocycles. The number of benzene rings is 1. The van der Waals surface area contributed by atoms with Crippen LogP contribution in [-0.4, -0.2) is 48.0 Å². The number of nitrogens with zero attached hydrogens (tertiary/aromatic N) is 3. The molecule has 4 aromatic rings. The first-order valence-electron chi connectivity index (χ1n) is 10.1. The van der Waals surface area contributed by atoms with E-state index in [0.717, 1.165) is 4.88 Å². The molecule has 10 heteroatoms. The standard InChI is InChI=1S/C23H22N4O5S/c1-5-27-21-15(12-24-27)13(9-17(25-21)20-7-6-8-33-20)22(28)26-16-11-19(31-3)18(30-2)10-14(16)23(29)32-4/h6-12H,5H2,1-4H3,(H,26,28). The zero-order valence-electron chi connectivity index (χ0n) is 18.5. The van der Waals surface area contributed by atoms with E-state index < -0.39 is 11.9 Å². The van der Waals surface area contributed by atoms with Crippen molar-refractivity contribution >= 4 is 39.9 Å². The van der Waals surface area contributed by atoms with Gasteiger partial charge in [-0.05, 0) is 24.4 Å². The van der Waals surface area contributed by atoms with Gasteiger partial charge in [0.15, 0.2) is 17.1 Å². The molecular weight excluding hydrogens is 444 g/mol. The number of pyridine rings is 1. The Labute approximate surface area is 193 Å². The molecule has 0 radical (unpaired) electrons. The van der Waals surface area contributed by atoms with Gasteiger partial charge in [0.25, 0.3) is 5.91 Å². The molecule has 170 valence electrons. The second kappa shape index (κ2) is 9.29. The number of methoxy groups -OCH3 is 3. The summed E-state index contributed by atoms with van der Waals surface area (Å²) in [6, 6.07) is 8.58. The molecule has 0 atom stereocenters. The number of nitrogens with one attached hydrogen (secondary N) is 1. The van der Waals surface area contributed by atoms with Crippen molar-refractivity contribution in [2.45, 2.75) is 13.5 Å². The van der Waals surface area contributed by atoms with Crippen LogP contribution < -0.4 is 14.8 Å². The molecule has 0 bridgehead atoms. The first-order valence-corrected chi connectivity index (χ1v) is 10.9. The molecule has 9 nitrogen and oxygen atoms in total. The highest BCUT2D eigenvalue weighted by molar-refractivity contribution is 7.13. The van der Waals surface area contributed by atoms with Crippen LogP contribution in [0.2, 0.25) is 0 Å². The van der Waals surface area contributed by atoms with Crippen LogP contribution in [0.25, 0.3) is 21.6 Å². The van der Waals surface area contributed by atoms with Gasteiger partial charge in [0.1, 0.15) is 0 Å². The average Bonchev–Trinajstić information content (AvgIpc) is 3.52. The number of carbonyl (C=O) groups excluding carboxylic acids is 2. The van der Waals surface area contributed by atoms with E-state index in [1.807, 2.05) is 24.4 Å². The summed E-state index contributed by atoms with van der Waals surface area (Å²) in [6.07, 6.45) is 1.62. The van der Waals surface area contributed by atoms with Crippen molar-refractivity contribution in [2.75, 3.05) is 26.6 Å². The van der Waals surface area contributed by atoms with Crippen molar-refractivity contribution in [1.82, 2.24) is 14.8 Å². The van der Waals surface area contributed by atoms with Crippen molar-refractivity contribution in [3.8, 4) is 22.1 Å². The van der Waals surface area contributed by atoms with Crippen molar-refractivity contribution in [3.05, 3.63) is 53.0 Å². The summed E-state index contributed by atoms with van der Waals surface area (Å²) >= 11 is 1.53. The van der Waals surface area contributed by atoms with Crippen LogP contribution in [0.1, 0.15) is 27.6 Å². The number of esters is 1. The van der Waals surface area contributed by atoms with Gasteiger partial charge in [-0.15, -0.1) is 11.3 Å². The molecule has 1 aromatic carbocycles. The first-order chi connectivity index (χ1) is 16.0. The maximum atomic E-state index is 13.5. The summed E-state index contributed by atoms with van der Waals surface area (Å²) in [4.78, 5) is 31.5. The monoisotopic (exact) mass is 466 g/mol. The molecule has 3 aromatic heterocycles. The lowest BCUT2D eigenvalue weighted by molar-refractivity contribution is 0.0601. The Morgan fingerprint density at radius 1 is 1.09 bits per heavy atom. The molecule has 0 spiro atoms. The lowest BCUT2D eigenvalue weighted by Gasteiger charge is -2.15. The van der Waals surface area contributed by atoms with Crippen LogP contribution >= 0.6 is 11.3 Å². The number of hydrogen-bond acceptors (Lipinski definition) is 8.